The molecule has 0 saturated heterocycles. The van der Waals surface area contributed by atoms with Crippen LogP contribution in [0.4, 0.5) is 0 Å². The first-order valence-electron chi connectivity index (χ1n) is 0. The molecule has 0 amide bonds. The second-order valence-corrected chi connectivity index (χ2v) is 0. The molecule has 0 aliphatic carbocycles. The Morgan fingerprint density at radius 1 is 1.00 bits per heavy atom. The molecule has 0 bridgehead atoms. The van der Waals surface area contributed by atoms with E-state index in [2.05, 4.69) is 0 Å². The van der Waals surface area contributed by atoms with Crippen LogP contribution in [0.1, 0.15) is 0 Å². The molecule has 0 heterocycles. The fourth-order valence-corrected chi connectivity index (χ4v) is 0. The Hall–Kier alpha value is 3.08. The van der Waals surface area contributed by atoms with Crippen LogP contribution < -0.4 is 0 Å². The summed E-state index contributed by atoms with van der Waals surface area (Å²) >= 11 is 0. The van der Waals surface area contributed by atoms with E-state index in [1.807, 2.05) is 0 Å². The van der Waals surface area contributed by atoms with Crippen LogP contribution in [-0.4, -0.2) is 23.7 Å². The molecule has 0 aromatic heterocycles. The van der Waals surface area contributed by atoms with Gasteiger partial charge in [0, 0.05) is 69.2 Å². The van der Waals surface area contributed by atoms with Crippen LogP contribution in [0.15, 0.2) is 0 Å². The third kappa shape index (κ3) is 8.91. The summed E-state index contributed by atoms with van der Waals surface area (Å²) in [5, 5.41) is 0. The molecule has 4 heavy (non-hydrogen) atoms. The molecule has 0 aromatic rings. The van der Waals surface area contributed by atoms with Crippen molar-refractivity contribution in [1.82, 2.24) is 0 Å². The van der Waals surface area contributed by atoms with Gasteiger partial charge in [-0.15, -0.1) is 0 Å². The van der Waals surface area contributed by atoms with Crippen LogP contribution in [0.2, 0.25) is 0 Å². The van der Waals surface area contributed by atoms with Gasteiger partial charge < -0.3 is 0 Å². The Morgan fingerprint density at radius 3 is 1.00 bits per heavy atom. The van der Waals surface area contributed by atoms with Crippen molar-refractivity contribution in [2.45, 2.75) is 0 Å². The zero-order chi connectivity index (χ0) is 0. The van der Waals surface area contributed by atoms with E-state index in [1.54, 1.807) is 0 Å². The van der Waals surface area contributed by atoms with Gasteiger partial charge in [0.2, 0.25) is 0 Å². The normalized spacial score (nSPS) is 0. The standard InChI is InChI=1S/Au.Cd.H2Te.Zn/h;;1H2;. The molecular formula is H2AuCdTeZn. The smallest absolute Gasteiger partial charge is 0 e. The SMILES string of the molecule is [Au].[Cd].[TeH2].[Zn]. The number of hydrogen-bond donors (Lipinski definition) is 0. The number of rotatable bonds is 0. The monoisotopic (exact) mass is 507 g/mol. The fraction of sp³-hybridized carbons (Fsp3) is 0. The van der Waals surface area contributed by atoms with Crippen LogP contribution in [-0.2, 0) is 69.2 Å². The van der Waals surface area contributed by atoms with Crippen LogP contribution >= 0.6 is 0 Å². The summed E-state index contributed by atoms with van der Waals surface area (Å²) in [4.78, 5) is 0. The van der Waals surface area contributed by atoms with Crippen LogP contribution in [0.3, 0.4) is 0 Å². The van der Waals surface area contributed by atoms with E-state index in [4.69, 9.17) is 0 Å². The predicted molar refractivity (Wildman–Crippen MR) is 8.54 cm³/mol. The van der Waals surface area contributed by atoms with Gasteiger partial charge in [-0.05, 0) is 0 Å². The molecule has 0 aromatic carbocycles. The van der Waals surface area contributed by atoms with Crippen molar-refractivity contribution < 1.29 is 69.2 Å². The summed E-state index contributed by atoms with van der Waals surface area (Å²) in [6, 6.07) is 0. The minimum atomic E-state index is 0. The van der Waals surface area contributed by atoms with Crippen molar-refractivity contribution in [2.24, 2.45) is 0 Å². The van der Waals surface area contributed by atoms with Gasteiger partial charge in [0.15, 0.2) is 0 Å². The molecule has 0 unspecified atom stereocenters. The Balaban J connectivity index is 0. The van der Waals surface area contributed by atoms with Gasteiger partial charge in [-0.1, -0.05) is 0 Å². The first kappa shape index (κ1) is 27.6. The maximum atomic E-state index is 0. The molecule has 0 rings (SSSR count). The first-order chi connectivity index (χ1) is 0. The summed E-state index contributed by atoms with van der Waals surface area (Å²) in [5.41, 5.74) is 0. The van der Waals surface area contributed by atoms with E-state index >= 15 is 0 Å². The fourth-order valence-electron chi connectivity index (χ4n) is 0. The number of hydrogen-bond acceptors (Lipinski definition) is 0. The zero-order valence-electron chi connectivity index (χ0n) is 2.22. The third-order valence-electron chi connectivity index (χ3n) is 0. The van der Waals surface area contributed by atoms with Gasteiger partial charge in [0.05, 0.1) is 0 Å². The quantitative estimate of drug-likeness (QED) is 0.375. The average Bonchev–Trinajstić information content (AvgIpc) is 0. The average molecular weight is 504 g/mol. The molecular weight excluding hydrogens is 502 g/mol. The first-order valence-corrected chi connectivity index (χ1v) is 0. The van der Waals surface area contributed by atoms with E-state index in [0.717, 1.165) is 0 Å². The molecule has 4 heteroatoms. The van der Waals surface area contributed by atoms with Gasteiger partial charge in [-0.3, -0.25) is 0 Å². The predicted octanol–water partition coefficient (Wildman–Crippen LogP) is -0.924. The van der Waals surface area contributed by atoms with E-state index in [9.17, 15) is 0 Å². The van der Waals surface area contributed by atoms with Gasteiger partial charge in [0.1, 0.15) is 0 Å². The molecule has 0 spiro atoms. The summed E-state index contributed by atoms with van der Waals surface area (Å²) in [6.07, 6.45) is 0. The molecule has 0 saturated carbocycles. The zero-order valence-corrected chi connectivity index (χ0v) is 14.2. The molecule has 23 valence electrons. The van der Waals surface area contributed by atoms with E-state index in [0.29, 0.717) is 0 Å². The summed E-state index contributed by atoms with van der Waals surface area (Å²) in [5.74, 6) is 0. The second-order valence-electron chi connectivity index (χ2n) is 0. The molecule has 1 radical (unpaired) electrons. The Bertz CT molecular complexity index is 8.00. The topological polar surface area (TPSA) is 0 Å². The van der Waals surface area contributed by atoms with Crippen molar-refractivity contribution in [1.29, 1.82) is 0 Å². The summed E-state index contributed by atoms with van der Waals surface area (Å²) in [6.45, 7) is 0. The molecule has 0 N–H and O–H groups in total. The maximum Gasteiger partial charge on any atom is 0 e. The van der Waals surface area contributed by atoms with Gasteiger partial charge in [0.25, 0.3) is 0 Å². The molecule has 0 nitrogen and oxygen atoms in total. The Kier molecular flexibility index (Phi) is 114. The minimum absolute atomic E-state index is 0. The molecule has 0 aliphatic heterocycles. The largest absolute Gasteiger partial charge is 0 e. The van der Waals surface area contributed by atoms with Crippen molar-refractivity contribution in [3.05, 3.63) is 0 Å². The van der Waals surface area contributed by atoms with Crippen molar-refractivity contribution in [3.63, 3.8) is 0 Å². The van der Waals surface area contributed by atoms with Gasteiger partial charge >= 0.3 is 23.7 Å². The van der Waals surface area contributed by atoms with Crippen molar-refractivity contribution in [3.8, 4) is 0 Å². The third-order valence-corrected chi connectivity index (χ3v) is 0. The van der Waals surface area contributed by atoms with Crippen LogP contribution in [0.5, 0.6) is 0 Å². The Labute approximate surface area is 91.0 Å². The van der Waals surface area contributed by atoms with Gasteiger partial charge in [-0.2, -0.15) is 0 Å². The van der Waals surface area contributed by atoms with Crippen molar-refractivity contribution in [2.75, 3.05) is 0 Å². The van der Waals surface area contributed by atoms with Gasteiger partial charge in [-0.25, -0.2) is 0 Å². The maximum absolute atomic E-state index is 0. The van der Waals surface area contributed by atoms with E-state index in [1.165, 1.54) is 0 Å². The Morgan fingerprint density at radius 2 is 1.00 bits per heavy atom. The molecule has 0 fully saturated rings. The van der Waals surface area contributed by atoms with E-state index < -0.39 is 0 Å². The van der Waals surface area contributed by atoms with E-state index in [-0.39, 0.29) is 92.8 Å². The summed E-state index contributed by atoms with van der Waals surface area (Å²) in [7, 11) is 0. The van der Waals surface area contributed by atoms with Crippen molar-refractivity contribution >= 4 is 23.7 Å². The molecule has 0 aliphatic rings. The van der Waals surface area contributed by atoms with Crippen LogP contribution in [0.25, 0.3) is 0 Å². The summed E-state index contributed by atoms with van der Waals surface area (Å²) < 4.78 is 0. The minimum Gasteiger partial charge on any atom is 0 e. The molecule has 0 atom stereocenters. The second kappa shape index (κ2) is 16.5. The van der Waals surface area contributed by atoms with Crippen LogP contribution in [0, 0.1) is 0 Å².